The van der Waals surface area contributed by atoms with E-state index in [1.165, 1.54) is 24.7 Å². The molecule has 4 rings (SSSR count). The molecule has 10 heteroatoms. The lowest BCUT2D eigenvalue weighted by atomic mass is 10.0. The van der Waals surface area contributed by atoms with Crippen molar-refractivity contribution in [2.45, 2.75) is 6.18 Å². The highest BCUT2D eigenvalue weighted by Gasteiger charge is 2.31. The molecule has 0 aliphatic carbocycles. The number of nitrogens with zero attached hydrogens (tertiary/aromatic N) is 3. The molecule has 2 aliphatic rings. The SMILES string of the molecule is O=S1(=O)CCN2C=NC=C(c3ccc(Oc4cccc(C(F)(F)F)c4)cc3)C2=N1. The number of halogens is 3. The number of benzene rings is 2. The average Bonchev–Trinajstić information content (AvgIpc) is 2.67. The molecular formula is C19H14F3N3O3S. The summed E-state index contributed by atoms with van der Waals surface area (Å²) in [6.45, 7) is 0.263. The highest BCUT2D eigenvalue weighted by Crippen LogP contribution is 2.33. The molecule has 0 fully saturated rings. The summed E-state index contributed by atoms with van der Waals surface area (Å²) in [6.07, 6.45) is -1.43. The van der Waals surface area contributed by atoms with Gasteiger partial charge in [-0.25, -0.2) is 13.4 Å². The van der Waals surface area contributed by atoms with Gasteiger partial charge in [0, 0.05) is 18.3 Å². The first-order valence-electron chi connectivity index (χ1n) is 8.50. The molecule has 150 valence electrons. The minimum atomic E-state index is -4.45. The van der Waals surface area contributed by atoms with Gasteiger partial charge in [0.15, 0.2) is 5.84 Å². The van der Waals surface area contributed by atoms with Gasteiger partial charge in [-0.3, -0.25) is 0 Å². The van der Waals surface area contributed by atoms with Gasteiger partial charge < -0.3 is 9.64 Å². The van der Waals surface area contributed by atoms with Crippen LogP contribution in [0.1, 0.15) is 11.1 Å². The Hall–Kier alpha value is -3.14. The molecule has 0 saturated carbocycles. The maximum atomic E-state index is 12.8. The molecular weight excluding hydrogens is 407 g/mol. The van der Waals surface area contributed by atoms with Gasteiger partial charge in [-0.05, 0) is 35.9 Å². The number of hydrogen-bond acceptors (Lipinski definition) is 5. The van der Waals surface area contributed by atoms with Gasteiger partial charge in [0.1, 0.15) is 11.5 Å². The first kappa shape index (κ1) is 19.2. The zero-order valence-corrected chi connectivity index (χ0v) is 15.6. The fourth-order valence-electron chi connectivity index (χ4n) is 2.89. The third kappa shape index (κ3) is 4.16. The fourth-order valence-corrected chi connectivity index (χ4v) is 3.88. The number of fused-ring (bicyclic) bond motifs is 1. The lowest BCUT2D eigenvalue weighted by molar-refractivity contribution is -0.137. The number of sulfonamides is 1. The molecule has 2 heterocycles. The van der Waals surface area contributed by atoms with Gasteiger partial charge in [0.2, 0.25) is 0 Å². The second-order valence-electron chi connectivity index (χ2n) is 6.35. The normalized spacial score (nSPS) is 18.0. The standard InChI is InChI=1S/C19H14F3N3O3S/c20-19(21,22)14-2-1-3-16(10-14)28-15-6-4-13(5-7-15)17-11-23-12-25-8-9-29(26,27)24-18(17)25/h1-7,10-12H,8-9H2. The van der Waals surface area contributed by atoms with Crippen LogP contribution in [0.2, 0.25) is 0 Å². The van der Waals surface area contributed by atoms with Crippen LogP contribution in [0.3, 0.4) is 0 Å². The Labute approximate surface area is 164 Å². The van der Waals surface area contributed by atoms with E-state index in [9.17, 15) is 21.6 Å². The van der Waals surface area contributed by atoms with Crippen molar-refractivity contribution in [1.29, 1.82) is 0 Å². The predicted molar refractivity (Wildman–Crippen MR) is 102 cm³/mol. The molecule has 0 saturated heterocycles. The summed E-state index contributed by atoms with van der Waals surface area (Å²) in [6, 6.07) is 11.1. The zero-order chi connectivity index (χ0) is 20.6. The summed E-state index contributed by atoms with van der Waals surface area (Å²) in [5.41, 5.74) is 0.383. The first-order valence-corrected chi connectivity index (χ1v) is 10.1. The van der Waals surface area contributed by atoms with Crippen molar-refractivity contribution in [3.63, 3.8) is 0 Å². The summed E-state index contributed by atoms with van der Waals surface area (Å²) in [4.78, 5) is 5.77. The Balaban J connectivity index is 1.58. The van der Waals surface area contributed by atoms with Crippen LogP contribution in [-0.2, 0) is 16.2 Å². The molecule has 0 spiro atoms. The van der Waals surface area contributed by atoms with E-state index >= 15 is 0 Å². The van der Waals surface area contributed by atoms with Crippen LogP contribution in [-0.4, -0.2) is 37.8 Å². The van der Waals surface area contributed by atoms with Gasteiger partial charge in [0.25, 0.3) is 10.0 Å². The van der Waals surface area contributed by atoms with Crippen molar-refractivity contribution < 1.29 is 26.3 Å². The van der Waals surface area contributed by atoms with E-state index in [1.807, 2.05) is 0 Å². The highest BCUT2D eigenvalue weighted by atomic mass is 32.2. The summed E-state index contributed by atoms with van der Waals surface area (Å²) in [5.74, 6) is 0.600. The van der Waals surface area contributed by atoms with Gasteiger partial charge >= 0.3 is 6.18 Å². The average molecular weight is 421 g/mol. The molecule has 6 nitrogen and oxygen atoms in total. The molecule has 0 aromatic heterocycles. The molecule has 0 atom stereocenters. The molecule has 0 N–H and O–H groups in total. The number of rotatable bonds is 3. The van der Waals surface area contributed by atoms with Crippen molar-refractivity contribution in [3.8, 4) is 11.5 Å². The Morgan fingerprint density at radius 3 is 2.52 bits per heavy atom. The Morgan fingerprint density at radius 2 is 1.79 bits per heavy atom. The molecule has 0 unspecified atom stereocenters. The van der Waals surface area contributed by atoms with Gasteiger partial charge in [-0.1, -0.05) is 18.2 Å². The van der Waals surface area contributed by atoms with Crippen LogP contribution in [0.4, 0.5) is 13.2 Å². The summed E-state index contributed by atoms with van der Waals surface area (Å²) in [7, 11) is -3.53. The van der Waals surface area contributed by atoms with E-state index in [-0.39, 0.29) is 23.9 Å². The van der Waals surface area contributed by atoms with E-state index < -0.39 is 21.8 Å². The molecule has 0 radical (unpaired) electrons. The molecule has 2 aromatic carbocycles. The van der Waals surface area contributed by atoms with Crippen molar-refractivity contribution in [2.24, 2.45) is 9.39 Å². The monoisotopic (exact) mass is 421 g/mol. The first-order chi connectivity index (χ1) is 13.7. The molecule has 0 amide bonds. The number of alkyl halides is 3. The maximum absolute atomic E-state index is 12.8. The van der Waals surface area contributed by atoms with Crippen LogP contribution in [0.5, 0.6) is 11.5 Å². The van der Waals surface area contributed by atoms with Crippen LogP contribution in [0, 0.1) is 0 Å². The second kappa shape index (κ2) is 7.03. The third-order valence-electron chi connectivity index (χ3n) is 4.30. The van der Waals surface area contributed by atoms with Crippen LogP contribution >= 0.6 is 0 Å². The number of ether oxygens (including phenoxy) is 1. The predicted octanol–water partition coefficient (Wildman–Crippen LogP) is 3.92. The molecule has 29 heavy (non-hydrogen) atoms. The van der Waals surface area contributed by atoms with E-state index in [0.29, 0.717) is 16.9 Å². The number of hydrogen-bond donors (Lipinski definition) is 0. The van der Waals surface area contributed by atoms with Crippen LogP contribution in [0.15, 0.2) is 64.1 Å². The van der Waals surface area contributed by atoms with Crippen molar-refractivity contribution in [2.75, 3.05) is 12.3 Å². The minimum Gasteiger partial charge on any atom is -0.457 e. The van der Waals surface area contributed by atoms with Crippen molar-refractivity contribution in [3.05, 3.63) is 65.9 Å². The third-order valence-corrected chi connectivity index (χ3v) is 5.45. The topological polar surface area (TPSA) is 71.3 Å². The lowest BCUT2D eigenvalue weighted by Gasteiger charge is -2.28. The number of amidine groups is 1. The maximum Gasteiger partial charge on any atom is 0.416 e. The van der Waals surface area contributed by atoms with E-state index in [1.54, 1.807) is 29.2 Å². The lowest BCUT2D eigenvalue weighted by Crippen LogP contribution is -2.40. The van der Waals surface area contributed by atoms with Crippen molar-refractivity contribution in [1.82, 2.24) is 4.90 Å². The quantitative estimate of drug-likeness (QED) is 0.753. The summed E-state index contributed by atoms with van der Waals surface area (Å²) in [5, 5.41) is 0. The van der Waals surface area contributed by atoms with E-state index in [2.05, 4.69) is 9.39 Å². The van der Waals surface area contributed by atoms with Crippen LogP contribution in [0.25, 0.3) is 5.57 Å². The number of aliphatic imine (C=N–C) groups is 1. The summed E-state index contributed by atoms with van der Waals surface area (Å²) >= 11 is 0. The van der Waals surface area contributed by atoms with Gasteiger partial charge in [0.05, 0.1) is 17.7 Å². The molecule has 2 aromatic rings. The van der Waals surface area contributed by atoms with E-state index in [4.69, 9.17) is 4.74 Å². The van der Waals surface area contributed by atoms with Crippen LogP contribution < -0.4 is 4.74 Å². The van der Waals surface area contributed by atoms with Gasteiger partial charge in [-0.2, -0.15) is 13.2 Å². The van der Waals surface area contributed by atoms with Gasteiger partial charge in [-0.15, -0.1) is 4.40 Å². The summed E-state index contributed by atoms with van der Waals surface area (Å²) < 4.78 is 71.5. The Bertz CT molecular complexity index is 1140. The Morgan fingerprint density at radius 1 is 1.03 bits per heavy atom. The largest absolute Gasteiger partial charge is 0.457 e. The molecule has 0 bridgehead atoms. The molecule has 2 aliphatic heterocycles. The minimum absolute atomic E-state index is 0.0583. The highest BCUT2D eigenvalue weighted by molar-refractivity contribution is 7.90. The second-order valence-corrected chi connectivity index (χ2v) is 8.11. The smallest absolute Gasteiger partial charge is 0.416 e. The van der Waals surface area contributed by atoms with E-state index in [0.717, 1.165) is 12.1 Å². The zero-order valence-electron chi connectivity index (χ0n) is 14.8. The van der Waals surface area contributed by atoms with Crippen molar-refractivity contribution >= 4 is 27.8 Å². The fraction of sp³-hybridized carbons (Fsp3) is 0.158. The Kier molecular flexibility index (Phi) is 4.65.